The van der Waals surface area contributed by atoms with Gasteiger partial charge in [-0.3, -0.25) is 15.8 Å². The Morgan fingerprint density at radius 1 is 1.10 bits per heavy atom. The molecule has 0 aliphatic carbocycles. The van der Waals surface area contributed by atoms with E-state index in [2.05, 4.69) is 15.4 Å². The minimum Gasteiger partial charge on any atom is -0.271 e. The van der Waals surface area contributed by atoms with Crippen molar-refractivity contribution in [3.05, 3.63) is 70.1 Å². The Hall–Kier alpha value is -1.72. The predicted octanol–water partition coefficient (Wildman–Crippen LogP) is 3.49. The molecule has 1 aromatic carbocycles. The number of pyridine rings is 2. The third-order valence-corrected chi connectivity index (χ3v) is 3.75. The number of nitrogens with zero attached hydrogens (tertiary/aromatic N) is 2. The molecule has 2 heterocycles. The Bertz CT molecular complexity index is 791. The topological polar surface area (TPSA) is 63.8 Å². The highest BCUT2D eigenvalue weighted by molar-refractivity contribution is 6.34. The predicted molar refractivity (Wildman–Crippen MR) is 85.2 cm³/mol. The van der Waals surface area contributed by atoms with Crippen LogP contribution >= 0.6 is 23.2 Å². The van der Waals surface area contributed by atoms with Gasteiger partial charge in [-0.1, -0.05) is 41.4 Å². The number of nitrogens with two attached hydrogens (primary N) is 1. The van der Waals surface area contributed by atoms with Crippen molar-refractivity contribution in [2.45, 2.75) is 6.04 Å². The molecule has 21 heavy (non-hydrogen) atoms. The molecule has 3 rings (SSSR count). The van der Waals surface area contributed by atoms with Crippen LogP contribution in [0.5, 0.6) is 0 Å². The van der Waals surface area contributed by atoms with E-state index in [0.717, 1.165) is 16.5 Å². The molecule has 2 aromatic heterocycles. The molecule has 0 aliphatic rings. The van der Waals surface area contributed by atoms with E-state index in [0.29, 0.717) is 15.7 Å². The summed E-state index contributed by atoms with van der Waals surface area (Å²) in [5, 5.41) is 2.01. The zero-order chi connectivity index (χ0) is 14.8. The van der Waals surface area contributed by atoms with Gasteiger partial charge >= 0.3 is 0 Å². The van der Waals surface area contributed by atoms with Gasteiger partial charge in [0.25, 0.3) is 0 Å². The molecular weight excluding hydrogens is 307 g/mol. The molecule has 106 valence electrons. The van der Waals surface area contributed by atoms with Gasteiger partial charge in [0, 0.05) is 17.8 Å². The lowest BCUT2D eigenvalue weighted by molar-refractivity contribution is 0.621. The molecule has 0 bridgehead atoms. The van der Waals surface area contributed by atoms with Crippen LogP contribution in [0.25, 0.3) is 10.9 Å². The third-order valence-electron chi connectivity index (χ3n) is 3.24. The van der Waals surface area contributed by atoms with Crippen LogP contribution in [0, 0.1) is 0 Å². The zero-order valence-electron chi connectivity index (χ0n) is 10.9. The first-order valence-corrected chi connectivity index (χ1v) is 7.06. The van der Waals surface area contributed by atoms with Crippen LogP contribution in [0.3, 0.4) is 0 Å². The Kier molecular flexibility index (Phi) is 4.03. The van der Waals surface area contributed by atoms with E-state index in [9.17, 15) is 0 Å². The number of fused-ring (bicyclic) bond motifs is 1. The first kappa shape index (κ1) is 14.2. The van der Waals surface area contributed by atoms with Crippen molar-refractivity contribution in [2.75, 3.05) is 0 Å². The molecule has 4 nitrogen and oxygen atoms in total. The lowest BCUT2D eigenvalue weighted by Crippen LogP contribution is -2.29. The normalized spacial score (nSPS) is 12.5. The summed E-state index contributed by atoms with van der Waals surface area (Å²) >= 11 is 12.1. The Morgan fingerprint density at radius 2 is 1.95 bits per heavy atom. The van der Waals surface area contributed by atoms with Crippen molar-refractivity contribution in [3.63, 3.8) is 0 Å². The van der Waals surface area contributed by atoms with E-state index in [4.69, 9.17) is 29.0 Å². The summed E-state index contributed by atoms with van der Waals surface area (Å²) in [5.74, 6) is 5.69. The average molecular weight is 319 g/mol. The summed E-state index contributed by atoms with van der Waals surface area (Å²) in [6.07, 6.45) is 3.30. The van der Waals surface area contributed by atoms with Crippen molar-refractivity contribution < 1.29 is 0 Å². The number of benzene rings is 1. The Balaban J connectivity index is 2.09. The van der Waals surface area contributed by atoms with Crippen LogP contribution in [-0.2, 0) is 0 Å². The summed E-state index contributed by atoms with van der Waals surface area (Å²) < 4.78 is 0. The molecular formula is C15H12Cl2N4. The van der Waals surface area contributed by atoms with Crippen molar-refractivity contribution in [3.8, 4) is 0 Å². The maximum absolute atomic E-state index is 6.21. The van der Waals surface area contributed by atoms with Crippen LogP contribution in [0.4, 0.5) is 0 Å². The van der Waals surface area contributed by atoms with Crippen LogP contribution in [0.2, 0.25) is 10.0 Å². The second-order valence-corrected chi connectivity index (χ2v) is 5.42. The highest BCUT2D eigenvalue weighted by Crippen LogP contribution is 2.29. The van der Waals surface area contributed by atoms with Crippen molar-refractivity contribution in [2.24, 2.45) is 5.84 Å². The molecule has 1 atom stereocenters. The van der Waals surface area contributed by atoms with Crippen LogP contribution in [0.1, 0.15) is 17.3 Å². The molecule has 0 radical (unpaired) electrons. The van der Waals surface area contributed by atoms with E-state index >= 15 is 0 Å². The second-order valence-electron chi connectivity index (χ2n) is 4.58. The van der Waals surface area contributed by atoms with Crippen LogP contribution in [-0.4, -0.2) is 9.97 Å². The lowest BCUT2D eigenvalue weighted by atomic mass is 10.0. The number of halogens is 2. The molecule has 6 heteroatoms. The van der Waals surface area contributed by atoms with Crippen molar-refractivity contribution >= 4 is 34.1 Å². The molecule has 0 amide bonds. The standard InChI is InChI=1S/C15H12Cl2N4/c16-11-7-12(17)15(20-8-11)14(21-18)10-4-3-9-2-1-5-19-13(9)6-10/h1-8,14,21H,18H2. The molecule has 3 N–H and O–H groups in total. The number of nitrogens with one attached hydrogen (secondary N) is 1. The summed E-state index contributed by atoms with van der Waals surface area (Å²) in [6, 6.07) is 11.2. The van der Waals surface area contributed by atoms with E-state index in [1.54, 1.807) is 18.5 Å². The van der Waals surface area contributed by atoms with Crippen LogP contribution < -0.4 is 11.3 Å². The largest absolute Gasteiger partial charge is 0.271 e. The molecule has 1 unspecified atom stereocenters. The minimum atomic E-state index is -0.332. The highest BCUT2D eigenvalue weighted by atomic mass is 35.5. The van der Waals surface area contributed by atoms with E-state index in [1.807, 2.05) is 30.3 Å². The highest BCUT2D eigenvalue weighted by Gasteiger charge is 2.18. The SMILES string of the molecule is NNC(c1ccc2cccnc2c1)c1ncc(Cl)cc1Cl. The van der Waals surface area contributed by atoms with Gasteiger partial charge in [0.05, 0.1) is 27.3 Å². The number of hydrogen-bond donors (Lipinski definition) is 2. The monoisotopic (exact) mass is 318 g/mol. The van der Waals surface area contributed by atoms with E-state index < -0.39 is 0 Å². The fourth-order valence-electron chi connectivity index (χ4n) is 2.23. The summed E-state index contributed by atoms with van der Waals surface area (Å²) in [6.45, 7) is 0. The maximum Gasteiger partial charge on any atom is 0.0897 e. The first-order chi connectivity index (χ1) is 10.2. The van der Waals surface area contributed by atoms with Gasteiger partial charge in [-0.15, -0.1) is 0 Å². The first-order valence-electron chi connectivity index (χ1n) is 6.31. The molecule has 3 aromatic rings. The maximum atomic E-state index is 6.21. The summed E-state index contributed by atoms with van der Waals surface area (Å²) in [7, 11) is 0. The summed E-state index contributed by atoms with van der Waals surface area (Å²) in [5.41, 5.74) is 5.19. The van der Waals surface area contributed by atoms with Crippen molar-refractivity contribution in [1.82, 2.24) is 15.4 Å². The van der Waals surface area contributed by atoms with Gasteiger partial charge in [0.15, 0.2) is 0 Å². The molecule has 0 aliphatic heterocycles. The average Bonchev–Trinajstić information content (AvgIpc) is 2.50. The third kappa shape index (κ3) is 2.84. The van der Waals surface area contributed by atoms with Gasteiger partial charge in [-0.05, 0) is 23.8 Å². The van der Waals surface area contributed by atoms with E-state index in [-0.39, 0.29) is 6.04 Å². The fraction of sp³-hybridized carbons (Fsp3) is 0.0667. The zero-order valence-corrected chi connectivity index (χ0v) is 12.4. The van der Waals surface area contributed by atoms with Crippen molar-refractivity contribution in [1.29, 1.82) is 0 Å². The quantitative estimate of drug-likeness (QED) is 0.573. The Morgan fingerprint density at radius 3 is 2.71 bits per heavy atom. The summed E-state index contributed by atoms with van der Waals surface area (Å²) in [4.78, 5) is 8.62. The lowest BCUT2D eigenvalue weighted by Gasteiger charge is -2.17. The molecule has 0 spiro atoms. The van der Waals surface area contributed by atoms with Gasteiger partial charge in [0.1, 0.15) is 0 Å². The number of hydrogen-bond acceptors (Lipinski definition) is 4. The minimum absolute atomic E-state index is 0.332. The van der Waals surface area contributed by atoms with Gasteiger partial charge in [-0.25, -0.2) is 5.43 Å². The van der Waals surface area contributed by atoms with Gasteiger partial charge in [0.2, 0.25) is 0 Å². The fourth-order valence-corrected chi connectivity index (χ4v) is 2.72. The molecule has 0 fully saturated rings. The van der Waals surface area contributed by atoms with E-state index in [1.165, 1.54) is 0 Å². The smallest absolute Gasteiger partial charge is 0.0897 e. The molecule has 0 saturated carbocycles. The number of rotatable bonds is 3. The Labute approximate surface area is 131 Å². The molecule has 0 saturated heterocycles. The van der Waals surface area contributed by atoms with Gasteiger partial charge in [-0.2, -0.15) is 0 Å². The number of hydrazine groups is 1. The van der Waals surface area contributed by atoms with Crippen LogP contribution in [0.15, 0.2) is 48.8 Å². The van der Waals surface area contributed by atoms with Gasteiger partial charge < -0.3 is 0 Å². The number of aromatic nitrogens is 2. The second kappa shape index (κ2) is 5.95.